The van der Waals surface area contributed by atoms with Crippen molar-refractivity contribution >= 4 is 0 Å². The molecule has 3 heteroatoms. The predicted molar refractivity (Wildman–Crippen MR) is 150 cm³/mol. The van der Waals surface area contributed by atoms with Crippen molar-refractivity contribution < 1.29 is 14.6 Å². The Balaban J connectivity index is 1.34. The fraction of sp³-hybridized carbons (Fsp3) is 0.588. The molecule has 3 aliphatic carbocycles. The maximum atomic E-state index is 11.3. The highest BCUT2D eigenvalue weighted by atomic mass is 16.5. The fourth-order valence-electron chi connectivity index (χ4n) is 8.66. The summed E-state index contributed by atoms with van der Waals surface area (Å²) in [6.45, 7) is 13.9. The summed E-state index contributed by atoms with van der Waals surface area (Å²) in [6, 6.07) is 21.0. The van der Waals surface area contributed by atoms with E-state index in [9.17, 15) is 5.11 Å². The Kier molecular flexibility index (Phi) is 7.44. The third-order valence-corrected chi connectivity index (χ3v) is 10.8. The molecule has 5 rings (SSSR count). The molecule has 6 atom stereocenters. The highest BCUT2D eigenvalue weighted by molar-refractivity contribution is 5.32. The molecule has 0 amide bonds. The molecule has 2 aromatic carbocycles. The Morgan fingerprint density at radius 1 is 0.784 bits per heavy atom. The summed E-state index contributed by atoms with van der Waals surface area (Å²) in [4.78, 5) is 0. The maximum absolute atomic E-state index is 11.3. The first kappa shape index (κ1) is 26.7. The van der Waals surface area contributed by atoms with Crippen LogP contribution in [0.25, 0.3) is 0 Å². The second-order valence-electron chi connectivity index (χ2n) is 13.1. The molecule has 0 heterocycles. The van der Waals surface area contributed by atoms with Gasteiger partial charge in [0.05, 0.1) is 32.0 Å². The second-order valence-corrected chi connectivity index (χ2v) is 13.1. The zero-order valence-electron chi connectivity index (χ0n) is 23.5. The van der Waals surface area contributed by atoms with Crippen LogP contribution in [0.3, 0.4) is 0 Å². The third-order valence-electron chi connectivity index (χ3n) is 10.8. The van der Waals surface area contributed by atoms with Gasteiger partial charge in [-0.15, -0.1) is 0 Å². The van der Waals surface area contributed by atoms with Gasteiger partial charge >= 0.3 is 0 Å². The highest BCUT2D eigenvalue weighted by Crippen LogP contribution is 2.68. The van der Waals surface area contributed by atoms with Crippen LogP contribution >= 0.6 is 0 Å². The molecular weight excluding hydrogens is 456 g/mol. The van der Waals surface area contributed by atoms with Gasteiger partial charge in [0.25, 0.3) is 0 Å². The molecule has 3 nitrogen and oxygen atoms in total. The van der Waals surface area contributed by atoms with Gasteiger partial charge in [-0.1, -0.05) is 88.4 Å². The lowest BCUT2D eigenvalue weighted by Crippen LogP contribution is -2.61. The van der Waals surface area contributed by atoms with Gasteiger partial charge in [0.1, 0.15) is 0 Å². The first-order valence-corrected chi connectivity index (χ1v) is 14.3. The van der Waals surface area contributed by atoms with Crippen LogP contribution in [0.2, 0.25) is 0 Å². The smallest absolute Gasteiger partial charge is 0.0754 e. The van der Waals surface area contributed by atoms with Gasteiger partial charge in [-0.3, -0.25) is 0 Å². The summed E-state index contributed by atoms with van der Waals surface area (Å²) in [5.41, 5.74) is 5.28. The Bertz CT molecular complexity index is 1090. The van der Waals surface area contributed by atoms with E-state index in [4.69, 9.17) is 9.47 Å². The van der Waals surface area contributed by atoms with Crippen LogP contribution in [-0.2, 0) is 22.7 Å². The first-order chi connectivity index (χ1) is 17.7. The lowest BCUT2D eigenvalue weighted by molar-refractivity contribution is -0.189. The number of fused-ring (bicyclic) bond motifs is 3. The van der Waals surface area contributed by atoms with E-state index >= 15 is 0 Å². The lowest BCUT2D eigenvalue weighted by atomic mass is 9.40. The molecule has 37 heavy (non-hydrogen) atoms. The molecule has 0 unspecified atom stereocenters. The second kappa shape index (κ2) is 10.3. The number of hydrogen-bond donors (Lipinski definition) is 1. The zero-order chi connectivity index (χ0) is 26.3. The summed E-state index contributed by atoms with van der Waals surface area (Å²) >= 11 is 0. The van der Waals surface area contributed by atoms with Crippen molar-refractivity contribution in [3.05, 3.63) is 82.9 Å². The molecule has 2 fully saturated rings. The number of ether oxygens (including phenoxy) is 2. The molecule has 0 aliphatic heterocycles. The van der Waals surface area contributed by atoms with Gasteiger partial charge in [0.15, 0.2) is 0 Å². The molecule has 0 aromatic heterocycles. The number of rotatable bonds is 7. The van der Waals surface area contributed by atoms with Gasteiger partial charge in [0, 0.05) is 0 Å². The van der Waals surface area contributed by atoms with Crippen LogP contribution in [0.4, 0.5) is 0 Å². The van der Waals surface area contributed by atoms with Crippen molar-refractivity contribution in [2.24, 2.45) is 28.1 Å². The first-order valence-electron chi connectivity index (χ1n) is 14.3. The number of hydrogen-bond acceptors (Lipinski definition) is 3. The molecule has 1 N–H and O–H groups in total. The van der Waals surface area contributed by atoms with Crippen molar-refractivity contribution in [3.8, 4) is 0 Å². The SMILES string of the molecule is CC1=C(COCc2ccccc2)[C@@]2(C)CC[C@@H]3C(C)(C)[C@H](OCc4ccccc4)CC[C@@]3(C)[C@@H]2C[C@H]1O. The molecule has 2 saturated carbocycles. The van der Waals surface area contributed by atoms with Crippen molar-refractivity contribution in [3.63, 3.8) is 0 Å². The van der Waals surface area contributed by atoms with Gasteiger partial charge < -0.3 is 14.6 Å². The van der Waals surface area contributed by atoms with Crippen molar-refractivity contribution in [2.75, 3.05) is 6.61 Å². The molecule has 0 saturated heterocycles. The average Bonchev–Trinajstić information content (AvgIpc) is 2.88. The Morgan fingerprint density at radius 3 is 2.05 bits per heavy atom. The van der Waals surface area contributed by atoms with Crippen LogP contribution in [0, 0.1) is 28.1 Å². The predicted octanol–water partition coefficient (Wildman–Crippen LogP) is 7.73. The summed E-state index contributed by atoms with van der Waals surface area (Å²) in [7, 11) is 0. The highest BCUT2D eigenvalue weighted by Gasteiger charge is 2.62. The van der Waals surface area contributed by atoms with Crippen molar-refractivity contribution in [1.29, 1.82) is 0 Å². The van der Waals surface area contributed by atoms with E-state index in [1.54, 1.807) is 0 Å². The van der Waals surface area contributed by atoms with Gasteiger partial charge in [-0.2, -0.15) is 0 Å². The van der Waals surface area contributed by atoms with E-state index in [1.165, 1.54) is 23.1 Å². The van der Waals surface area contributed by atoms with Gasteiger partial charge in [-0.25, -0.2) is 0 Å². The average molecular weight is 503 g/mol. The zero-order valence-corrected chi connectivity index (χ0v) is 23.5. The van der Waals surface area contributed by atoms with Crippen LogP contribution < -0.4 is 0 Å². The molecule has 2 aromatic rings. The van der Waals surface area contributed by atoms with E-state index in [2.05, 4.69) is 89.2 Å². The Hall–Kier alpha value is -1.94. The normalized spacial score (nSPS) is 35.1. The summed E-state index contributed by atoms with van der Waals surface area (Å²) in [5.74, 6) is 1.02. The van der Waals surface area contributed by atoms with Crippen LogP contribution in [0.5, 0.6) is 0 Å². The van der Waals surface area contributed by atoms with E-state index in [-0.39, 0.29) is 28.5 Å². The van der Waals surface area contributed by atoms with Crippen molar-refractivity contribution in [2.45, 2.75) is 92.1 Å². The molecular formula is C34H46O3. The Labute approximate surface area is 224 Å². The van der Waals surface area contributed by atoms with Crippen LogP contribution in [-0.4, -0.2) is 23.9 Å². The molecule has 200 valence electrons. The Morgan fingerprint density at radius 2 is 1.41 bits per heavy atom. The lowest BCUT2D eigenvalue weighted by Gasteiger charge is -2.66. The minimum Gasteiger partial charge on any atom is -0.389 e. The van der Waals surface area contributed by atoms with Crippen LogP contribution in [0.1, 0.15) is 77.8 Å². The topological polar surface area (TPSA) is 38.7 Å². The summed E-state index contributed by atoms with van der Waals surface area (Å²) in [6.07, 6.45) is 5.34. The maximum Gasteiger partial charge on any atom is 0.0754 e. The molecule has 0 spiro atoms. The third kappa shape index (κ3) is 4.84. The largest absolute Gasteiger partial charge is 0.389 e. The number of benzene rings is 2. The van der Waals surface area contributed by atoms with E-state index < -0.39 is 0 Å². The fourth-order valence-corrected chi connectivity index (χ4v) is 8.66. The minimum absolute atomic E-state index is 0.0685. The van der Waals surface area contributed by atoms with Crippen LogP contribution in [0.15, 0.2) is 71.8 Å². The van der Waals surface area contributed by atoms with Crippen molar-refractivity contribution in [1.82, 2.24) is 0 Å². The van der Waals surface area contributed by atoms with E-state index in [0.717, 1.165) is 31.3 Å². The molecule has 3 aliphatic rings. The number of aliphatic hydroxyl groups excluding tert-OH is 1. The summed E-state index contributed by atoms with van der Waals surface area (Å²) in [5, 5.41) is 11.3. The summed E-state index contributed by atoms with van der Waals surface area (Å²) < 4.78 is 12.9. The quantitative estimate of drug-likeness (QED) is 0.394. The van der Waals surface area contributed by atoms with Gasteiger partial charge in [-0.05, 0) is 89.4 Å². The van der Waals surface area contributed by atoms with E-state index in [0.29, 0.717) is 31.7 Å². The number of aliphatic hydroxyl groups is 1. The standard InChI is InChI=1S/C34H46O3/c1-24-27(23-36-21-25-12-8-6-9-13-25)33(4)18-16-29-32(2,3)31(37-22-26-14-10-7-11-15-26)17-19-34(29,5)30(33)20-28(24)35/h6-15,28-31,35H,16-23H2,1-5H3/t28-,29-,30-,31-,33-,34-/m1/s1. The van der Waals surface area contributed by atoms with Gasteiger partial charge in [0.2, 0.25) is 0 Å². The minimum atomic E-state index is -0.376. The van der Waals surface area contributed by atoms with E-state index in [1.807, 2.05) is 6.07 Å². The molecule has 0 radical (unpaired) electrons. The monoisotopic (exact) mass is 502 g/mol. The molecule has 0 bridgehead atoms.